The number of hydrogen-bond donors (Lipinski definition) is 1. The van der Waals surface area contributed by atoms with Gasteiger partial charge in [-0.15, -0.1) is 0 Å². The zero-order valence-electron chi connectivity index (χ0n) is 19.4. The molecular formula is C23H31N3O5S2. The van der Waals surface area contributed by atoms with Crippen molar-refractivity contribution in [2.75, 3.05) is 29.0 Å². The Morgan fingerprint density at radius 3 is 2.09 bits per heavy atom. The van der Waals surface area contributed by atoms with Gasteiger partial charge in [-0.2, -0.15) is 4.31 Å². The van der Waals surface area contributed by atoms with Crippen LogP contribution in [-0.4, -0.2) is 52.4 Å². The number of rotatable bonds is 7. The van der Waals surface area contributed by atoms with Crippen LogP contribution in [-0.2, 0) is 24.8 Å². The van der Waals surface area contributed by atoms with Gasteiger partial charge >= 0.3 is 0 Å². The molecule has 1 heterocycles. The van der Waals surface area contributed by atoms with Gasteiger partial charge in [0.1, 0.15) is 6.04 Å². The lowest BCUT2D eigenvalue weighted by molar-refractivity contribution is -0.116. The summed E-state index contributed by atoms with van der Waals surface area (Å²) in [7, 11) is -7.30. The first-order valence-corrected chi connectivity index (χ1v) is 14.2. The molecule has 1 saturated heterocycles. The van der Waals surface area contributed by atoms with Crippen LogP contribution in [0.1, 0.15) is 37.3 Å². The molecule has 33 heavy (non-hydrogen) atoms. The lowest BCUT2D eigenvalue weighted by Gasteiger charge is -2.28. The first kappa shape index (κ1) is 25.2. The second-order valence-electron chi connectivity index (χ2n) is 8.48. The molecule has 1 N–H and O–H groups in total. The van der Waals surface area contributed by atoms with E-state index >= 15 is 0 Å². The molecule has 2 aromatic carbocycles. The molecule has 1 fully saturated rings. The maximum atomic E-state index is 12.9. The maximum Gasteiger partial charge on any atom is 0.247 e. The first-order valence-electron chi connectivity index (χ1n) is 10.9. The fourth-order valence-electron chi connectivity index (χ4n) is 3.88. The summed E-state index contributed by atoms with van der Waals surface area (Å²) >= 11 is 0. The lowest BCUT2D eigenvalue weighted by Crippen LogP contribution is -2.45. The van der Waals surface area contributed by atoms with Crippen LogP contribution in [0.2, 0.25) is 0 Å². The van der Waals surface area contributed by atoms with Crippen molar-refractivity contribution in [1.82, 2.24) is 4.31 Å². The molecule has 8 nitrogen and oxygen atoms in total. The highest BCUT2D eigenvalue weighted by molar-refractivity contribution is 7.92. The molecule has 0 radical (unpaired) electrons. The van der Waals surface area contributed by atoms with Crippen molar-refractivity contribution >= 4 is 37.3 Å². The van der Waals surface area contributed by atoms with Gasteiger partial charge in [0.2, 0.25) is 26.0 Å². The minimum Gasteiger partial charge on any atom is -0.324 e. The van der Waals surface area contributed by atoms with Gasteiger partial charge in [0.25, 0.3) is 0 Å². The molecule has 0 saturated carbocycles. The van der Waals surface area contributed by atoms with Gasteiger partial charge in [-0.05, 0) is 81.1 Å². The standard InChI is InChI=1S/C23H31N3O5S2/c1-17-8-11-21(16-18(17)2)26(32(4,28)29)19(3)23(27)24-20-9-12-22(13-10-20)33(30,31)25-14-6-5-7-15-25/h8-13,16,19H,5-7,14-15H2,1-4H3,(H,24,27). The van der Waals surface area contributed by atoms with Gasteiger partial charge in [0, 0.05) is 18.8 Å². The van der Waals surface area contributed by atoms with Crippen LogP contribution in [0.4, 0.5) is 11.4 Å². The summed E-state index contributed by atoms with van der Waals surface area (Å²) in [5.74, 6) is -0.523. The largest absolute Gasteiger partial charge is 0.324 e. The molecule has 0 spiro atoms. The number of nitrogens with one attached hydrogen (secondary N) is 1. The minimum atomic E-state index is -3.73. The van der Waals surface area contributed by atoms with Gasteiger partial charge in [0.05, 0.1) is 16.8 Å². The number of amides is 1. The van der Waals surface area contributed by atoms with Crippen molar-refractivity contribution in [3.8, 4) is 0 Å². The van der Waals surface area contributed by atoms with Gasteiger partial charge < -0.3 is 5.32 Å². The van der Waals surface area contributed by atoms with Crippen molar-refractivity contribution in [2.24, 2.45) is 0 Å². The zero-order chi connectivity index (χ0) is 24.4. The second-order valence-corrected chi connectivity index (χ2v) is 12.3. The van der Waals surface area contributed by atoms with Crippen LogP contribution in [0.15, 0.2) is 47.4 Å². The van der Waals surface area contributed by atoms with Crippen LogP contribution in [0.5, 0.6) is 0 Å². The summed E-state index contributed by atoms with van der Waals surface area (Å²) in [5.41, 5.74) is 2.73. The lowest BCUT2D eigenvalue weighted by atomic mass is 10.1. The van der Waals surface area contributed by atoms with Gasteiger partial charge in [-0.1, -0.05) is 12.5 Å². The minimum absolute atomic E-state index is 0.170. The molecular weight excluding hydrogens is 462 g/mol. The zero-order valence-corrected chi connectivity index (χ0v) is 21.0. The van der Waals surface area contributed by atoms with Crippen LogP contribution < -0.4 is 9.62 Å². The summed E-state index contributed by atoms with van der Waals surface area (Å²) < 4.78 is 53.2. The summed E-state index contributed by atoms with van der Waals surface area (Å²) in [4.78, 5) is 13.1. The third-order valence-corrected chi connectivity index (χ3v) is 9.06. The van der Waals surface area contributed by atoms with E-state index in [0.29, 0.717) is 24.5 Å². The predicted molar refractivity (Wildman–Crippen MR) is 130 cm³/mol. The molecule has 2 aromatic rings. The molecule has 0 aliphatic carbocycles. The van der Waals surface area contributed by atoms with Crippen molar-refractivity contribution in [3.05, 3.63) is 53.6 Å². The smallest absolute Gasteiger partial charge is 0.247 e. The topological polar surface area (TPSA) is 104 Å². The van der Waals surface area contributed by atoms with E-state index in [1.54, 1.807) is 12.1 Å². The van der Waals surface area contributed by atoms with Crippen molar-refractivity contribution in [3.63, 3.8) is 0 Å². The Bertz CT molecular complexity index is 1220. The predicted octanol–water partition coefficient (Wildman–Crippen LogP) is 3.27. The number of aryl methyl sites for hydroxylation is 2. The van der Waals surface area contributed by atoms with E-state index < -0.39 is 32.0 Å². The second kappa shape index (κ2) is 9.82. The molecule has 1 atom stereocenters. The van der Waals surface area contributed by atoms with E-state index in [0.717, 1.165) is 41.0 Å². The molecule has 10 heteroatoms. The van der Waals surface area contributed by atoms with Crippen molar-refractivity contribution in [1.29, 1.82) is 0 Å². The van der Waals surface area contributed by atoms with E-state index in [-0.39, 0.29) is 4.90 Å². The Balaban J connectivity index is 1.78. The maximum absolute atomic E-state index is 12.9. The number of carbonyl (C=O) groups excluding carboxylic acids is 1. The average molecular weight is 494 g/mol. The number of hydrogen-bond acceptors (Lipinski definition) is 5. The fraction of sp³-hybridized carbons (Fsp3) is 0.435. The van der Waals surface area contributed by atoms with Crippen LogP contribution in [0.3, 0.4) is 0 Å². The normalized spacial score (nSPS) is 16.2. The summed E-state index contributed by atoms with van der Waals surface area (Å²) in [6, 6.07) is 10.2. The average Bonchev–Trinajstić information content (AvgIpc) is 2.76. The summed E-state index contributed by atoms with van der Waals surface area (Å²) in [5, 5.41) is 2.69. The molecule has 180 valence electrons. The van der Waals surface area contributed by atoms with E-state index in [1.165, 1.54) is 35.5 Å². The summed E-state index contributed by atoms with van der Waals surface area (Å²) in [6.07, 6.45) is 3.79. The van der Waals surface area contributed by atoms with E-state index in [4.69, 9.17) is 0 Å². The molecule has 1 amide bonds. The van der Waals surface area contributed by atoms with E-state index in [9.17, 15) is 21.6 Å². The highest BCUT2D eigenvalue weighted by atomic mass is 32.2. The first-order chi connectivity index (χ1) is 15.4. The number of sulfonamides is 2. The molecule has 3 rings (SSSR count). The van der Waals surface area contributed by atoms with E-state index in [2.05, 4.69) is 5.32 Å². The molecule has 0 aromatic heterocycles. The number of carbonyl (C=O) groups is 1. The quantitative estimate of drug-likeness (QED) is 0.638. The van der Waals surface area contributed by atoms with Crippen LogP contribution in [0, 0.1) is 13.8 Å². The summed E-state index contributed by atoms with van der Waals surface area (Å²) in [6.45, 7) is 6.34. The highest BCUT2D eigenvalue weighted by Crippen LogP contribution is 2.25. The van der Waals surface area contributed by atoms with Crippen molar-refractivity contribution < 1.29 is 21.6 Å². The van der Waals surface area contributed by atoms with Gasteiger partial charge in [0.15, 0.2) is 0 Å². The van der Waals surface area contributed by atoms with Crippen molar-refractivity contribution in [2.45, 2.75) is 51.0 Å². The van der Waals surface area contributed by atoms with Gasteiger partial charge in [-0.3, -0.25) is 9.10 Å². The highest BCUT2D eigenvalue weighted by Gasteiger charge is 2.30. The molecule has 1 aliphatic rings. The van der Waals surface area contributed by atoms with Crippen LogP contribution in [0.25, 0.3) is 0 Å². The fourth-order valence-corrected chi connectivity index (χ4v) is 6.57. The Morgan fingerprint density at radius 2 is 1.55 bits per heavy atom. The number of nitrogens with zero attached hydrogens (tertiary/aromatic N) is 2. The third kappa shape index (κ3) is 5.74. The number of anilines is 2. The number of piperidine rings is 1. The SMILES string of the molecule is Cc1ccc(N(C(C)C(=O)Nc2ccc(S(=O)(=O)N3CCCCC3)cc2)S(C)(=O)=O)cc1C. The van der Waals surface area contributed by atoms with Crippen LogP contribution >= 0.6 is 0 Å². The van der Waals surface area contributed by atoms with E-state index in [1.807, 2.05) is 19.9 Å². The number of benzene rings is 2. The monoisotopic (exact) mass is 493 g/mol. The van der Waals surface area contributed by atoms with Gasteiger partial charge in [-0.25, -0.2) is 16.8 Å². The third-order valence-electron chi connectivity index (χ3n) is 5.91. The Morgan fingerprint density at radius 1 is 0.939 bits per heavy atom. The molecule has 0 bridgehead atoms. The molecule has 1 aliphatic heterocycles. The Kier molecular flexibility index (Phi) is 7.50. The Hall–Kier alpha value is -2.43. The Labute approximate surface area is 196 Å². The molecule has 1 unspecified atom stereocenters.